The van der Waals surface area contributed by atoms with E-state index in [0.717, 1.165) is 11.3 Å². The van der Waals surface area contributed by atoms with E-state index in [2.05, 4.69) is 9.51 Å². The summed E-state index contributed by atoms with van der Waals surface area (Å²) >= 11 is 1.10. The van der Waals surface area contributed by atoms with Crippen LogP contribution in [0, 0.1) is 0 Å². The molecule has 1 aromatic heterocycles. The van der Waals surface area contributed by atoms with Gasteiger partial charge in [0.15, 0.2) is 0 Å². The Kier molecular flexibility index (Phi) is 3.41. The fraction of sp³-hybridized carbons (Fsp3) is 0.556. The third kappa shape index (κ3) is 2.40. The first kappa shape index (κ1) is 14.1. The normalized spacial score (nSPS) is 40.5. The van der Waals surface area contributed by atoms with Crippen LogP contribution in [-0.4, -0.2) is 45.8 Å². The number of phosphoric ester groups is 1. The summed E-state index contributed by atoms with van der Waals surface area (Å²) in [5.74, 6) is -0.683. The first-order valence-corrected chi connectivity index (χ1v) is 7.99. The number of aliphatic hydroxyl groups is 1. The molecule has 2 aliphatic rings. The molecule has 0 radical (unpaired) electrons. The molecule has 9 nitrogen and oxygen atoms in total. The van der Waals surface area contributed by atoms with Gasteiger partial charge in [-0.1, -0.05) is 0 Å². The van der Waals surface area contributed by atoms with Gasteiger partial charge in [0.25, 0.3) is 5.91 Å². The van der Waals surface area contributed by atoms with E-state index < -0.39 is 38.1 Å². The highest BCUT2D eigenvalue weighted by atomic mass is 32.1. The summed E-state index contributed by atoms with van der Waals surface area (Å²) in [6.45, 7) is -0.167. The Labute approximate surface area is 116 Å². The minimum Gasteiger partial charge on any atom is -0.387 e. The summed E-state index contributed by atoms with van der Waals surface area (Å²) < 4.78 is 26.3. The molecule has 2 fully saturated rings. The third-order valence-electron chi connectivity index (χ3n) is 3.01. The lowest BCUT2D eigenvalue weighted by molar-refractivity contribution is -0.0546. The van der Waals surface area contributed by atoms with Crippen molar-refractivity contribution in [3.05, 3.63) is 16.1 Å². The fourth-order valence-corrected chi connectivity index (χ4v) is 3.94. The first-order chi connectivity index (χ1) is 9.37. The molecule has 0 spiro atoms. The molecule has 0 aromatic carbocycles. The van der Waals surface area contributed by atoms with Gasteiger partial charge in [-0.15, -0.1) is 11.3 Å². The van der Waals surface area contributed by atoms with E-state index in [4.69, 9.17) is 15.0 Å². The SMILES string of the molecule is NC(=O)c1csc([C@@H]2O[C@H]3COP(=O)(O)O[C@@H]3[C@H]2O)n1. The minimum atomic E-state index is -4.15. The maximum absolute atomic E-state index is 11.3. The Morgan fingerprint density at radius 1 is 1.60 bits per heavy atom. The average Bonchev–Trinajstić information content (AvgIpc) is 2.95. The van der Waals surface area contributed by atoms with Crippen molar-refractivity contribution >= 4 is 25.1 Å². The molecule has 11 heteroatoms. The van der Waals surface area contributed by atoms with Crippen LogP contribution in [0.5, 0.6) is 0 Å². The molecule has 1 amide bonds. The van der Waals surface area contributed by atoms with Gasteiger partial charge in [-0.05, 0) is 0 Å². The van der Waals surface area contributed by atoms with E-state index in [0.29, 0.717) is 5.01 Å². The summed E-state index contributed by atoms with van der Waals surface area (Å²) in [6, 6.07) is 0. The zero-order valence-corrected chi connectivity index (χ0v) is 11.6. The van der Waals surface area contributed by atoms with Gasteiger partial charge in [0.2, 0.25) is 0 Å². The van der Waals surface area contributed by atoms with Crippen molar-refractivity contribution in [1.29, 1.82) is 0 Å². The number of nitrogens with two attached hydrogens (primary N) is 1. The standard InChI is InChI=1S/C9H11N2O7PS/c10-8(13)3-2-20-9(11-3)7-5(12)6-4(17-7)1-16-19(14,15)18-6/h2,4-7,12H,1H2,(H2,10,13)(H,14,15)/t4-,5+,6-,7+/m0/s1. The van der Waals surface area contributed by atoms with E-state index >= 15 is 0 Å². The summed E-state index contributed by atoms with van der Waals surface area (Å²) in [4.78, 5) is 24.2. The topological polar surface area (TPSA) is 141 Å². The predicted molar refractivity (Wildman–Crippen MR) is 64.9 cm³/mol. The lowest BCUT2D eigenvalue weighted by Crippen LogP contribution is -2.38. The Balaban J connectivity index is 1.82. The molecule has 2 saturated heterocycles. The van der Waals surface area contributed by atoms with Crippen molar-refractivity contribution in [2.24, 2.45) is 5.73 Å². The lowest BCUT2D eigenvalue weighted by atomic mass is 10.1. The van der Waals surface area contributed by atoms with E-state index in [1.165, 1.54) is 5.38 Å². The van der Waals surface area contributed by atoms with E-state index in [-0.39, 0.29) is 12.3 Å². The maximum Gasteiger partial charge on any atom is 0.472 e. The molecule has 20 heavy (non-hydrogen) atoms. The van der Waals surface area contributed by atoms with Crippen molar-refractivity contribution in [3.8, 4) is 0 Å². The number of thiazole rings is 1. The van der Waals surface area contributed by atoms with E-state index in [9.17, 15) is 19.4 Å². The Bertz CT molecular complexity index is 593. The van der Waals surface area contributed by atoms with Gasteiger partial charge in [0.1, 0.15) is 35.1 Å². The second-order valence-electron chi connectivity index (χ2n) is 4.36. The van der Waals surface area contributed by atoms with Gasteiger partial charge < -0.3 is 20.5 Å². The van der Waals surface area contributed by atoms with Crippen LogP contribution in [0.4, 0.5) is 0 Å². The molecule has 4 N–H and O–H groups in total. The third-order valence-corrected chi connectivity index (χ3v) is 4.90. The number of carbonyl (C=O) groups is 1. The number of nitrogens with zero attached hydrogens (tertiary/aromatic N) is 1. The first-order valence-electron chi connectivity index (χ1n) is 5.62. The quantitative estimate of drug-likeness (QED) is 0.622. The van der Waals surface area contributed by atoms with Crippen LogP contribution in [0.3, 0.4) is 0 Å². The van der Waals surface area contributed by atoms with Crippen molar-refractivity contribution in [3.63, 3.8) is 0 Å². The molecule has 2 aliphatic heterocycles. The number of aliphatic hydroxyl groups excluding tert-OH is 1. The van der Waals surface area contributed by atoms with Crippen LogP contribution in [-0.2, 0) is 18.3 Å². The molecule has 1 unspecified atom stereocenters. The van der Waals surface area contributed by atoms with Crippen LogP contribution in [0.1, 0.15) is 21.6 Å². The maximum atomic E-state index is 11.3. The second-order valence-corrected chi connectivity index (χ2v) is 6.65. The predicted octanol–water partition coefficient (Wildman–Crippen LogP) is -0.441. The zero-order valence-electron chi connectivity index (χ0n) is 9.91. The van der Waals surface area contributed by atoms with Crippen LogP contribution in [0.15, 0.2) is 5.38 Å². The van der Waals surface area contributed by atoms with Crippen molar-refractivity contribution in [2.75, 3.05) is 6.61 Å². The molecule has 1 aromatic rings. The number of amides is 1. The number of ether oxygens (including phenoxy) is 1. The molecule has 0 aliphatic carbocycles. The van der Waals surface area contributed by atoms with Crippen LogP contribution >= 0.6 is 19.2 Å². The monoisotopic (exact) mass is 322 g/mol. The highest BCUT2D eigenvalue weighted by Gasteiger charge is 2.52. The number of primary amides is 1. The molecule has 3 heterocycles. The van der Waals surface area contributed by atoms with Gasteiger partial charge in [-0.3, -0.25) is 13.8 Å². The molecule has 3 rings (SSSR count). The molecular formula is C9H11N2O7PS. The smallest absolute Gasteiger partial charge is 0.387 e. The van der Waals surface area contributed by atoms with Gasteiger partial charge >= 0.3 is 7.82 Å². The van der Waals surface area contributed by atoms with Crippen molar-refractivity contribution in [2.45, 2.75) is 24.4 Å². The number of aromatic nitrogens is 1. The highest BCUT2D eigenvalue weighted by Crippen LogP contribution is 2.53. The molecule has 0 saturated carbocycles. The summed E-state index contributed by atoms with van der Waals surface area (Å²) in [5.41, 5.74) is 5.17. The number of phosphoric acid groups is 1. The van der Waals surface area contributed by atoms with Gasteiger partial charge in [0.05, 0.1) is 6.61 Å². The lowest BCUT2D eigenvalue weighted by Gasteiger charge is -2.28. The Morgan fingerprint density at radius 3 is 3.00 bits per heavy atom. The summed E-state index contributed by atoms with van der Waals surface area (Å²) in [5, 5.41) is 11.9. The van der Waals surface area contributed by atoms with Crippen LogP contribution < -0.4 is 5.73 Å². The number of hydrogen-bond donors (Lipinski definition) is 3. The largest absolute Gasteiger partial charge is 0.472 e. The number of rotatable bonds is 2. The summed E-state index contributed by atoms with van der Waals surface area (Å²) in [7, 11) is -4.15. The molecule has 110 valence electrons. The molecule has 0 bridgehead atoms. The molecular weight excluding hydrogens is 311 g/mol. The number of hydrogen-bond acceptors (Lipinski definition) is 8. The fourth-order valence-electron chi connectivity index (χ4n) is 2.09. The van der Waals surface area contributed by atoms with Crippen molar-refractivity contribution in [1.82, 2.24) is 4.98 Å². The highest BCUT2D eigenvalue weighted by molar-refractivity contribution is 7.47. The zero-order chi connectivity index (χ0) is 14.5. The van der Waals surface area contributed by atoms with Crippen LogP contribution in [0.25, 0.3) is 0 Å². The summed E-state index contributed by atoms with van der Waals surface area (Å²) in [6.07, 6.45) is -3.70. The van der Waals surface area contributed by atoms with Crippen molar-refractivity contribution < 1.29 is 33.1 Å². The van der Waals surface area contributed by atoms with Gasteiger partial charge in [-0.2, -0.15) is 0 Å². The Morgan fingerprint density at radius 2 is 2.35 bits per heavy atom. The van der Waals surface area contributed by atoms with Crippen LogP contribution in [0.2, 0.25) is 0 Å². The van der Waals surface area contributed by atoms with Gasteiger partial charge in [0, 0.05) is 5.38 Å². The average molecular weight is 322 g/mol. The number of carbonyl (C=O) groups excluding carboxylic acids is 1. The van der Waals surface area contributed by atoms with Gasteiger partial charge in [-0.25, -0.2) is 9.55 Å². The molecule has 5 atom stereocenters. The van der Waals surface area contributed by atoms with E-state index in [1.54, 1.807) is 0 Å². The van der Waals surface area contributed by atoms with E-state index in [1.807, 2.05) is 0 Å². The Hall–Kier alpha value is -0.870. The minimum absolute atomic E-state index is 0.0701. The second kappa shape index (κ2) is 4.85. The number of fused-ring (bicyclic) bond motifs is 1.